The number of hydrogen-bond acceptors (Lipinski definition) is 3. The summed E-state index contributed by atoms with van der Waals surface area (Å²) >= 11 is 0. The molecule has 3 nitrogen and oxygen atoms in total. The number of aliphatic hydroxyl groups excluding tert-OH is 1. The molecule has 0 aromatic carbocycles. The minimum absolute atomic E-state index is 0.357. The molecule has 0 saturated heterocycles. The van der Waals surface area contributed by atoms with Gasteiger partial charge in [0.2, 0.25) is 0 Å². The second-order valence-electron chi connectivity index (χ2n) is 2.88. The lowest BCUT2D eigenvalue weighted by Crippen LogP contribution is -2.17. The fraction of sp³-hybridized carbons (Fsp3) is 0.778. The van der Waals surface area contributed by atoms with E-state index in [-0.39, 0.29) is 0 Å². The van der Waals surface area contributed by atoms with E-state index >= 15 is 0 Å². The number of methoxy groups -OCH3 is 1. The second-order valence-corrected chi connectivity index (χ2v) is 2.88. The van der Waals surface area contributed by atoms with Crippen LogP contribution in [0.1, 0.15) is 13.3 Å². The fourth-order valence-corrected chi connectivity index (χ4v) is 0.823. The summed E-state index contributed by atoms with van der Waals surface area (Å²) in [6.07, 6.45) is 0.173. The third kappa shape index (κ3) is 7.72. The second kappa shape index (κ2) is 7.28. The summed E-state index contributed by atoms with van der Waals surface area (Å²) in [6, 6.07) is 0. The zero-order valence-electron chi connectivity index (χ0n) is 7.88. The Hall–Kier alpha value is -0.380. The van der Waals surface area contributed by atoms with E-state index in [0.717, 1.165) is 5.57 Å². The first-order chi connectivity index (χ1) is 5.66. The highest BCUT2D eigenvalue weighted by Crippen LogP contribution is 2.01. The van der Waals surface area contributed by atoms with Crippen LogP contribution in [0, 0.1) is 0 Å². The van der Waals surface area contributed by atoms with Crippen LogP contribution in [0.3, 0.4) is 0 Å². The Labute approximate surface area is 74.0 Å². The Kier molecular flexibility index (Phi) is 7.05. The molecule has 0 heterocycles. The van der Waals surface area contributed by atoms with E-state index in [1.807, 2.05) is 6.92 Å². The number of hydrogen-bond donors (Lipinski definition) is 1. The Balaban J connectivity index is 3.19. The molecule has 12 heavy (non-hydrogen) atoms. The topological polar surface area (TPSA) is 38.7 Å². The Morgan fingerprint density at radius 2 is 2.17 bits per heavy atom. The molecule has 0 aliphatic heterocycles. The van der Waals surface area contributed by atoms with E-state index < -0.39 is 6.10 Å². The van der Waals surface area contributed by atoms with Crippen molar-refractivity contribution < 1.29 is 14.6 Å². The Morgan fingerprint density at radius 1 is 1.50 bits per heavy atom. The zero-order chi connectivity index (χ0) is 9.40. The summed E-state index contributed by atoms with van der Waals surface area (Å²) in [4.78, 5) is 0. The van der Waals surface area contributed by atoms with Crippen molar-refractivity contribution in [2.24, 2.45) is 0 Å². The molecule has 0 aliphatic carbocycles. The molecule has 1 unspecified atom stereocenters. The molecule has 0 amide bonds. The molecule has 0 fully saturated rings. The monoisotopic (exact) mass is 174 g/mol. The van der Waals surface area contributed by atoms with Gasteiger partial charge in [-0.15, -0.1) is 6.58 Å². The fourth-order valence-electron chi connectivity index (χ4n) is 0.823. The lowest BCUT2D eigenvalue weighted by molar-refractivity contribution is 0.0137. The standard InChI is InChI=1S/C9H18O3/c1-8(2)6-9(10)7-12-5-4-11-3/h9-10H,1,4-7H2,2-3H3. The summed E-state index contributed by atoms with van der Waals surface area (Å²) in [6.45, 7) is 7.04. The average molecular weight is 174 g/mol. The molecule has 0 bridgehead atoms. The first-order valence-electron chi connectivity index (χ1n) is 4.06. The number of ether oxygens (including phenoxy) is 2. The van der Waals surface area contributed by atoms with E-state index in [1.54, 1.807) is 7.11 Å². The van der Waals surface area contributed by atoms with Gasteiger partial charge in [0.05, 0.1) is 25.9 Å². The molecule has 1 N–H and O–H groups in total. The molecule has 0 spiro atoms. The highest BCUT2D eigenvalue weighted by Gasteiger charge is 2.03. The van der Waals surface area contributed by atoms with Crippen molar-refractivity contribution in [2.45, 2.75) is 19.4 Å². The van der Waals surface area contributed by atoms with Crippen LogP contribution in [0.4, 0.5) is 0 Å². The van der Waals surface area contributed by atoms with Gasteiger partial charge >= 0.3 is 0 Å². The van der Waals surface area contributed by atoms with Crippen LogP contribution in [-0.4, -0.2) is 38.1 Å². The molecule has 0 radical (unpaired) electrons. The van der Waals surface area contributed by atoms with Crippen LogP contribution in [0.15, 0.2) is 12.2 Å². The first kappa shape index (κ1) is 11.6. The molecule has 0 aliphatic rings. The summed E-state index contributed by atoms with van der Waals surface area (Å²) in [5.41, 5.74) is 0.970. The maximum absolute atomic E-state index is 9.29. The molecular formula is C9H18O3. The van der Waals surface area contributed by atoms with Gasteiger partial charge in [0.25, 0.3) is 0 Å². The van der Waals surface area contributed by atoms with E-state index in [4.69, 9.17) is 9.47 Å². The van der Waals surface area contributed by atoms with Crippen molar-refractivity contribution >= 4 is 0 Å². The molecular weight excluding hydrogens is 156 g/mol. The average Bonchev–Trinajstić information content (AvgIpc) is 1.97. The van der Waals surface area contributed by atoms with Gasteiger partial charge in [-0.2, -0.15) is 0 Å². The molecule has 1 atom stereocenters. The van der Waals surface area contributed by atoms with E-state index in [1.165, 1.54) is 0 Å². The maximum atomic E-state index is 9.29. The van der Waals surface area contributed by atoms with Crippen molar-refractivity contribution in [2.75, 3.05) is 26.9 Å². The minimum Gasteiger partial charge on any atom is -0.390 e. The van der Waals surface area contributed by atoms with Crippen molar-refractivity contribution in [3.05, 3.63) is 12.2 Å². The third-order valence-electron chi connectivity index (χ3n) is 1.33. The SMILES string of the molecule is C=C(C)CC(O)COCCOC. The van der Waals surface area contributed by atoms with Crippen molar-refractivity contribution in [1.82, 2.24) is 0 Å². The van der Waals surface area contributed by atoms with E-state index in [2.05, 4.69) is 6.58 Å². The van der Waals surface area contributed by atoms with Crippen molar-refractivity contribution in [3.8, 4) is 0 Å². The highest BCUT2D eigenvalue weighted by atomic mass is 16.5. The number of rotatable bonds is 7. The third-order valence-corrected chi connectivity index (χ3v) is 1.33. The van der Waals surface area contributed by atoms with Gasteiger partial charge in [0, 0.05) is 7.11 Å². The Morgan fingerprint density at radius 3 is 2.67 bits per heavy atom. The smallest absolute Gasteiger partial charge is 0.0810 e. The van der Waals surface area contributed by atoms with Crippen LogP contribution in [-0.2, 0) is 9.47 Å². The molecule has 0 rings (SSSR count). The normalized spacial score (nSPS) is 12.9. The van der Waals surface area contributed by atoms with Gasteiger partial charge in [-0.25, -0.2) is 0 Å². The summed E-state index contributed by atoms with van der Waals surface area (Å²) < 4.78 is 9.90. The lowest BCUT2D eigenvalue weighted by Gasteiger charge is -2.10. The van der Waals surface area contributed by atoms with Gasteiger partial charge in [0.15, 0.2) is 0 Å². The van der Waals surface area contributed by atoms with E-state index in [0.29, 0.717) is 26.2 Å². The van der Waals surface area contributed by atoms with Crippen LogP contribution in [0.5, 0.6) is 0 Å². The van der Waals surface area contributed by atoms with Gasteiger partial charge in [-0.1, -0.05) is 5.57 Å². The van der Waals surface area contributed by atoms with Crippen LogP contribution in [0.2, 0.25) is 0 Å². The molecule has 3 heteroatoms. The molecule has 0 saturated carbocycles. The van der Waals surface area contributed by atoms with Crippen LogP contribution in [0.25, 0.3) is 0 Å². The van der Waals surface area contributed by atoms with Crippen LogP contribution < -0.4 is 0 Å². The van der Waals surface area contributed by atoms with Gasteiger partial charge in [-0.3, -0.25) is 0 Å². The Bertz CT molecular complexity index is 123. The minimum atomic E-state index is -0.431. The summed E-state index contributed by atoms with van der Waals surface area (Å²) in [7, 11) is 1.62. The van der Waals surface area contributed by atoms with Crippen molar-refractivity contribution in [1.29, 1.82) is 0 Å². The van der Waals surface area contributed by atoms with Gasteiger partial charge in [0.1, 0.15) is 0 Å². The summed E-state index contributed by atoms with van der Waals surface area (Å²) in [5.74, 6) is 0. The number of aliphatic hydroxyl groups is 1. The largest absolute Gasteiger partial charge is 0.390 e. The van der Waals surface area contributed by atoms with E-state index in [9.17, 15) is 5.11 Å². The summed E-state index contributed by atoms with van der Waals surface area (Å²) in [5, 5.41) is 9.29. The predicted molar refractivity (Wildman–Crippen MR) is 48.1 cm³/mol. The predicted octanol–water partition coefficient (Wildman–Crippen LogP) is 0.976. The van der Waals surface area contributed by atoms with Gasteiger partial charge < -0.3 is 14.6 Å². The molecule has 0 aromatic rings. The molecule has 72 valence electrons. The van der Waals surface area contributed by atoms with Gasteiger partial charge in [-0.05, 0) is 13.3 Å². The van der Waals surface area contributed by atoms with Crippen LogP contribution >= 0.6 is 0 Å². The highest BCUT2D eigenvalue weighted by molar-refractivity contribution is 4.90. The quantitative estimate of drug-likeness (QED) is 0.462. The zero-order valence-corrected chi connectivity index (χ0v) is 7.88. The first-order valence-corrected chi connectivity index (χ1v) is 4.06. The van der Waals surface area contributed by atoms with Crippen molar-refractivity contribution in [3.63, 3.8) is 0 Å². The molecule has 0 aromatic heterocycles. The maximum Gasteiger partial charge on any atom is 0.0810 e. The lowest BCUT2D eigenvalue weighted by atomic mass is 10.1.